The van der Waals surface area contributed by atoms with Crippen LogP contribution < -0.4 is 4.90 Å². The third-order valence-corrected chi connectivity index (χ3v) is 3.69. The van der Waals surface area contributed by atoms with Gasteiger partial charge in [0.2, 0.25) is 0 Å². The van der Waals surface area contributed by atoms with Crippen molar-refractivity contribution in [2.24, 2.45) is 0 Å². The molecule has 1 fully saturated rings. The van der Waals surface area contributed by atoms with Crippen molar-refractivity contribution in [2.45, 2.75) is 38.5 Å². The summed E-state index contributed by atoms with van der Waals surface area (Å²) < 4.78 is 0. The number of nitrogens with zero attached hydrogens (tertiary/aromatic N) is 1. The van der Waals surface area contributed by atoms with Gasteiger partial charge in [0.15, 0.2) is 0 Å². The van der Waals surface area contributed by atoms with Gasteiger partial charge in [0.05, 0.1) is 6.42 Å². The van der Waals surface area contributed by atoms with Crippen LogP contribution in [0.2, 0.25) is 0 Å². The van der Waals surface area contributed by atoms with Crippen molar-refractivity contribution in [3.05, 3.63) is 29.8 Å². The fourth-order valence-electron chi connectivity index (χ4n) is 2.58. The first kappa shape index (κ1) is 12.9. The van der Waals surface area contributed by atoms with E-state index in [0.717, 1.165) is 18.7 Å². The van der Waals surface area contributed by atoms with E-state index < -0.39 is 5.97 Å². The van der Waals surface area contributed by atoms with Crippen LogP contribution in [0.5, 0.6) is 0 Å². The van der Waals surface area contributed by atoms with Crippen molar-refractivity contribution in [1.29, 1.82) is 0 Å². The van der Waals surface area contributed by atoms with E-state index in [-0.39, 0.29) is 11.8 Å². The van der Waals surface area contributed by atoms with Crippen LogP contribution in [-0.4, -0.2) is 24.2 Å². The largest absolute Gasteiger partial charge is 0.481 e. The minimum Gasteiger partial charge on any atom is -0.481 e. The normalized spacial score (nSPS) is 16.0. The van der Waals surface area contributed by atoms with E-state index >= 15 is 0 Å². The van der Waals surface area contributed by atoms with Crippen molar-refractivity contribution in [2.75, 3.05) is 18.0 Å². The number of aliphatic carboxylic acids is 1. The van der Waals surface area contributed by atoms with E-state index in [9.17, 15) is 4.79 Å². The average Bonchev–Trinajstić information content (AvgIpc) is 2.81. The molecular formula is C15H21NO2. The van der Waals surface area contributed by atoms with Gasteiger partial charge in [-0.3, -0.25) is 4.79 Å². The smallest absolute Gasteiger partial charge is 0.304 e. The van der Waals surface area contributed by atoms with E-state index in [2.05, 4.69) is 17.0 Å². The summed E-state index contributed by atoms with van der Waals surface area (Å²) in [5, 5.41) is 8.98. The fourth-order valence-corrected chi connectivity index (χ4v) is 2.58. The number of carboxylic acids is 1. The first-order valence-electron chi connectivity index (χ1n) is 6.56. The summed E-state index contributed by atoms with van der Waals surface area (Å²) in [6.45, 7) is 6.21. The molecule has 1 N–H and O–H groups in total. The van der Waals surface area contributed by atoms with Gasteiger partial charge in [0.25, 0.3) is 0 Å². The van der Waals surface area contributed by atoms with Crippen LogP contribution >= 0.6 is 0 Å². The Hall–Kier alpha value is -1.51. The molecule has 0 aliphatic carbocycles. The highest BCUT2D eigenvalue weighted by Crippen LogP contribution is 2.30. The molecule has 1 aromatic rings. The van der Waals surface area contributed by atoms with E-state index in [1.807, 2.05) is 26.0 Å². The first-order valence-corrected chi connectivity index (χ1v) is 6.56. The third kappa shape index (κ3) is 2.84. The highest BCUT2D eigenvalue weighted by atomic mass is 16.4. The van der Waals surface area contributed by atoms with Gasteiger partial charge in [-0.15, -0.1) is 0 Å². The molecule has 0 aromatic heterocycles. The van der Waals surface area contributed by atoms with Gasteiger partial charge in [-0.05, 0) is 30.5 Å². The highest BCUT2D eigenvalue weighted by molar-refractivity contribution is 5.69. The van der Waals surface area contributed by atoms with Gasteiger partial charge >= 0.3 is 5.97 Å². The Morgan fingerprint density at radius 1 is 1.33 bits per heavy atom. The lowest BCUT2D eigenvalue weighted by Crippen LogP contribution is -2.23. The molecule has 0 bridgehead atoms. The molecule has 1 aromatic carbocycles. The minimum atomic E-state index is -0.744. The van der Waals surface area contributed by atoms with Crippen LogP contribution in [0.1, 0.15) is 38.7 Å². The molecule has 0 atom stereocenters. The van der Waals surface area contributed by atoms with E-state index in [1.165, 1.54) is 18.5 Å². The Kier molecular flexibility index (Phi) is 3.60. The topological polar surface area (TPSA) is 40.5 Å². The second-order valence-corrected chi connectivity index (χ2v) is 5.70. The van der Waals surface area contributed by atoms with E-state index in [4.69, 9.17) is 5.11 Å². The summed E-state index contributed by atoms with van der Waals surface area (Å²) in [5.41, 5.74) is 2.01. The maximum atomic E-state index is 10.9. The van der Waals surface area contributed by atoms with Crippen molar-refractivity contribution in [3.63, 3.8) is 0 Å². The summed E-state index contributed by atoms with van der Waals surface area (Å²) in [6, 6.07) is 8.33. The maximum Gasteiger partial charge on any atom is 0.304 e. The molecular weight excluding hydrogens is 226 g/mol. The summed E-state index contributed by atoms with van der Waals surface area (Å²) in [6.07, 6.45) is 2.67. The molecule has 1 aliphatic heterocycles. The van der Waals surface area contributed by atoms with Gasteiger partial charge in [-0.2, -0.15) is 0 Å². The van der Waals surface area contributed by atoms with Gasteiger partial charge in [-0.25, -0.2) is 0 Å². The van der Waals surface area contributed by atoms with Crippen LogP contribution in [0.4, 0.5) is 5.69 Å². The molecule has 0 unspecified atom stereocenters. The first-order chi connectivity index (χ1) is 8.49. The van der Waals surface area contributed by atoms with Crippen LogP contribution in [0, 0.1) is 0 Å². The second-order valence-electron chi connectivity index (χ2n) is 5.70. The SMILES string of the molecule is CC(C)(CC(=O)O)c1cccc(N2CCCC2)c1. The fraction of sp³-hybridized carbons (Fsp3) is 0.533. The van der Waals surface area contributed by atoms with Gasteiger partial charge in [0.1, 0.15) is 0 Å². The quantitative estimate of drug-likeness (QED) is 0.889. The van der Waals surface area contributed by atoms with E-state index in [1.54, 1.807) is 0 Å². The number of hydrogen-bond donors (Lipinski definition) is 1. The minimum absolute atomic E-state index is 0.163. The van der Waals surface area contributed by atoms with Crippen LogP contribution in [0.25, 0.3) is 0 Å². The van der Waals surface area contributed by atoms with Crippen LogP contribution in [0.3, 0.4) is 0 Å². The molecule has 1 heterocycles. The Morgan fingerprint density at radius 3 is 2.61 bits per heavy atom. The number of carboxylic acid groups (broad SMARTS) is 1. The maximum absolute atomic E-state index is 10.9. The van der Waals surface area contributed by atoms with Crippen LogP contribution in [-0.2, 0) is 10.2 Å². The summed E-state index contributed by atoms with van der Waals surface area (Å²) >= 11 is 0. The molecule has 2 rings (SSSR count). The summed E-state index contributed by atoms with van der Waals surface area (Å²) in [7, 11) is 0. The summed E-state index contributed by atoms with van der Waals surface area (Å²) in [4.78, 5) is 13.3. The summed E-state index contributed by atoms with van der Waals surface area (Å²) in [5.74, 6) is -0.744. The van der Waals surface area contributed by atoms with E-state index in [0.29, 0.717) is 0 Å². The predicted octanol–water partition coefficient (Wildman–Crippen LogP) is 3.04. The second kappa shape index (κ2) is 5.01. The molecule has 1 aliphatic rings. The number of anilines is 1. The molecule has 0 amide bonds. The Balaban J connectivity index is 2.23. The average molecular weight is 247 g/mol. The third-order valence-electron chi connectivity index (χ3n) is 3.69. The molecule has 1 saturated heterocycles. The predicted molar refractivity (Wildman–Crippen MR) is 73.2 cm³/mol. The molecule has 0 radical (unpaired) electrons. The molecule has 3 heteroatoms. The highest BCUT2D eigenvalue weighted by Gasteiger charge is 2.25. The Morgan fingerprint density at radius 2 is 2.00 bits per heavy atom. The van der Waals surface area contributed by atoms with Gasteiger partial charge < -0.3 is 10.0 Å². The van der Waals surface area contributed by atoms with Gasteiger partial charge in [0, 0.05) is 24.2 Å². The van der Waals surface area contributed by atoms with Gasteiger partial charge in [-0.1, -0.05) is 26.0 Å². The monoisotopic (exact) mass is 247 g/mol. The molecule has 3 nitrogen and oxygen atoms in total. The molecule has 0 spiro atoms. The van der Waals surface area contributed by atoms with Crippen molar-refractivity contribution < 1.29 is 9.90 Å². The zero-order chi connectivity index (χ0) is 13.2. The van der Waals surface area contributed by atoms with Crippen molar-refractivity contribution in [3.8, 4) is 0 Å². The Bertz CT molecular complexity index is 434. The van der Waals surface area contributed by atoms with Crippen molar-refractivity contribution >= 4 is 11.7 Å². The molecule has 98 valence electrons. The van der Waals surface area contributed by atoms with Crippen molar-refractivity contribution in [1.82, 2.24) is 0 Å². The lowest BCUT2D eigenvalue weighted by atomic mass is 9.81. The number of benzene rings is 1. The number of carbonyl (C=O) groups is 1. The lowest BCUT2D eigenvalue weighted by Gasteiger charge is -2.26. The van der Waals surface area contributed by atoms with Crippen LogP contribution in [0.15, 0.2) is 24.3 Å². The zero-order valence-corrected chi connectivity index (χ0v) is 11.1. The standard InChI is InChI=1S/C15H21NO2/c1-15(2,11-14(17)18)12-6-5-7-13(10-12)16-8-3-4-9-16/h5-7,10H,3-4,8-9,11H2,1-2H3,(H,17,18). The number of hydrogen-bond acceptors (Lipinski definition) is 2. The lowest BCUT2D eigenvalue weighted by molar-refractivity contribution is -0.138. The number of rotatable bonds is 4. The molecule has 0 saturated carbocycles. The molecule has 18 heavy (non-hydrogen) atoms. The Labute approximate surface area is 108 Å². The zero-order valence-electron chi connectivity index (χ0n) is 11.1.